The molecule has 0 atom stereocenters. The molecule has 0 bridgehead atoms. The van der Waals surface area contributed by atoms with Gasteiger partial charge in [-0.25, -0.2) is 0 Å². The van der Waals surface area contributed by atoms with E-state index in [0.29, 0.717) is 5.56 Å². The minimum Gasteiger partial charge on any atom is -0.298 e. The van der Waals surface area contributed by atoms with E-state index in [1.165, 1.54) is 0 Å². The fourth-order valence-electron chi connectivity index (χ4n) is 1.47. The number of hydrogen-bond acceptors (Lipinski definition) is 2. The molecule has 2 aromatic rings. The number of nitrogens with zero attached hydrogens (tertiary/aromatic N) is 2. The van der Waals surface area contributed by atoms with E-state index < -0.39 is 0 Å². The molecule has 0 amide bonds. The van der Waals surface area contributed by atoms with Crippen LogP contribution in [0.25, 0.3) is 10.9 Å². The van der Waals surface area contributed by atoms with Gasteiger partial charge in [0.1, 0.15) is 5.52 Å². The summed E-state index contributed by atoms with van der Waals surface area (Å²) in [6.45, 7) is 2.01. The summed E-state index contributed by atoms with van der Waals surface area (Å²) in [7, 11) is 1.86. The lowest BCUT2D eigenvalue weighted by atomic mass is 10.1. The first-order chi connectivity index (χ1) is 6.22. The summed E-state index contributed by atoms with van der Waals surface area (Å²) < 4.78 is 1.73. The predicted octanol–water partition coefficient (Wildman–Crippen LogP) is 1.69. The van der Waals surface area contributed by atoms with Crippen LogP contribution in [0.15, 0.2) is 18.3 Å². The predicted molar refractivity (Wildman–Crippen MR) is 50.8 cm³/mol. The van der Waals surface area contributed by atoms with E-state index in [4.69, 9.17) is 0 Å². The summed E-state index contributed by atoms with van der Waals surface area (Å²) in [6.07, 6.45) is 2.77. The number of benzene rings is 1. The fraction of sp³-hybridized carbons (Fsp3) is 0.200. The van der Waals surface area contributed by atoms with Crippen LogP contribution in [0.4, 0.5) is 0 Å². The largest absolute Gasteiger partial charge is 0.298 e. The van der Waals surface area contributed by atoms with Crippen molar-refractivity contribution in [1.82, 2.24) is 9.78 Å². The highest BCUT2D eigenvalue weighted by molar-refractivity contribution is 5.96. The minimum atomic E-state index is 0.654. The number of rotatable bonds is 1. The van der Waals surface area contributed by atoms with Crippen molar-refractivity contribution in [2.45, 2.75) is 6.92 Å². The summed E-state index contributed by atoms with van der Waals surface area (Å²) >= 11 is 0. The molecule has 1 aromatic carbocycles. The van der Waals surface area contributed by atoms with Gasteiger partial charge in [-0.1, -0.05) is 6.07 Å². The minimum absolute atomic E-state index is 0.654. The van der Waals surface area contributed by atoms with Crippen molar-refractivity contribution in [1.29, 1.82) is 0 Å². The Kier molecular flexibility index (Phi) is 1.65. The van der Waals surface area contributed by atoms with E-state index in [0.717, 1.165) is 22.8 Å². The molecule has 0 saturated carbocycles. The molecule has 3 nitrogen and oxygen atoms in total. The molecule has 1 aromatic heterocycles. The van der Waals surface area contributed by atoms with Crippen LogP contribution in [0.3, 0.4) is 0 Å². The van der Waals surface area contributed by atoms with Gasteiger partial charge in [0.15, 0.2) is 6.29 Å². The Morgan fingerprint density at radius 3 is 2.92 bits per heavy atom. The molecule has 0 N–H and O–H groups in total. The molecule has 1 heterocycles. The van der Waals surface area contributed by atoms with Crippen LogP contribution in [-0.4, -0.2) is 16.1 Å². The molecule has 0 fully saturated rings. The molecule has 0 aliphatic carbocycles. The monoisotopic (exact) mass is 174 g/mol. The zero-order chi connectivity index (χ0) is 9.42. The Morgan fingerprint density at radius 1 is 1.46 bits per heavy atom. The molecule has 0 aliphatic rings. The first kappa shape index (κ1) is 7.98. The first-order valence-corrected chi connectivity index (χ1v) is 4.10. The number of aromatic nitrogens is 2. The van der Waals surface area contributed by atoms with Gasteiger partial charge in [0.25, 0.3) is 0 Å². The van der Waals surface area contributed by atoms with Crippen LogP contribution in [0.1, 0.15) is 15.9 Å². The molecule has 0 unspecified atom stereocenters. The smallest absolute Gasteiger partial charge is 0.152 e. The molecular formula is C10H10N2O. The number of carbonyl (C=O) groups is 1. The van der Waals surface area contributed by atoms with Crippen molar-refractivity contribution in [3.63, 3.8) is 0 Å². The SMILES string of the molecule is Cc1ccc(C=O)c2nn(C)cc12. The second-order valence-electron chi connectivity index (χ2n) is 3.15. The molecule has 0 saturated heterocycles. The Hall–Kier alpha value is -1.64. The van der Waals surface area contributed by atoms with Gasteiger partial charge in [0.05, 0.1) is 0 Å². The van der Waals surface area contributed by atoms with Crippen LogP contribution in [0.2, 0.25) is 0 Å². The van der Waals surface area contributed by atoms with Crippen LogP contribution in [0.5, 0.6) is 0 Å². The third-order valence-electron chi connectivity index (χ3n) is 2.17. The fourth-order valence-corrected chi connectivity index (χ4v) is 1.47. The van der Waals surface area contributed by atoms with Gasteiger partial charge in [-0.15, -0.1) is 0 Å². The Morgan fingerprint density at radius 2 is 2.23 bits per heavy atom. The highest BCUT2D eigenvalue weighted by Crippen LogP contribution is 2.19. The maximum atomic E-state index is 10.7. The molecular weight excluding hydrogens is 164 g/mol. The van der Waals surface area contributed by atoms with Crippen molar-refractivity contribution in [3.8, 4) is 0 Å². The summed E-state index contributed by atoms with van der Waals surface area (Å²) in [6, 6.07) is 3.74. The number of aryl methyl sites for hydroxylation is 2. The second kappa shape index (κ2) is 2.69. The third kappa shape index (κ3) is 1.13. The van der Waals surface area contributed by atoms with E-state index in [1.54, 1.807) is 10.7 Å². The lowest BCUT2D eigenvalue weighted by molar-refractivity contribution is 0.112. The standard InChI is InChI=1S/C10H10N2O/c1-7-3-4-8(6-13)10-9(7)5-12(2)11-10/h3-6H,1-2H3. The summed E-state index contributed by atoms with van der Waals surface area (Å²) in [5.74, 6) is 0. The number of fused-ring (bicyclic) bond motifs is 1. The second-order valence-corrected chi connectivity index (χ2v) is 3.15. The molecule has 0 radical (unpaired) electrons. The molecule has 2 rings (SSSR count). The van der Waals surface area contributed by atoms with E-state index >= 15 is 0 Å². The average Bonchev–Trinajstić information content (AvgIpc) is 2.48. The highest BCUT2D eigenvalue weighted by atomic mass is 16.1. The van der Waals surface area contributed by atoms with Gasteiger partial charge in [-0.3, -0.25) is 9.48 Å². The Balaban J connectivity index is 2.91. The van der Waals surface area contributed by atoms with Crippen molar-refractivity contribution < 1.29 is 4.79 Å². The zero-order valence-corrected chi connectivity index (χ0v) is 7.61. The van der Waals surface area contributed by atoms with Crippen LogP contribution < -0.4 is 0 Å². The van der Waals surface area contributed by atoms with Gasteiger partial charge >= 0.3 is 0 Å². The first-order valence-electron chi connectivity index (χ1n) is 4.10. The van der Waals surface area contributed by atoms with Gasteiger partial charge in [0, 0.05) is 24.2 Å². The van der Waals surface area contributed by atoms with E-state index in [1.807, 2.05) is 26.2 Å². The molecule has 3 heteroatoms. The van der Waals surface area contributed by atoms with Crippen molar-refractivity contribution in [2.24, 2.45) is 7.05 Å². The van der Waals surface area contributed by atoms with E-state index in [-0.39, 0.29) is 0 Å². The molecule has 13 heavy (non-hydrogen) atoms. The highest BCUT2D eigenvalue weighted by Gasteiger charge is 2.05. The quantitative estimate of drug-likeness (QED) is 0.617. The van der Waals surface area contributed by atoms with Gasteiger partial charge in [-0.2, -0.15) is 5.10 Å². The molecule has 0 aliphatic heterocycles. The van der Waals surface area contributed by atoms with Gasteiger partial charge in [0.2, 0.25) is 0 Å². The van der Waals surface area contributed by atoms with Gasteiger partial charge < -0.3 is 0 Å². The van der Waals surface area contributed by atoms with Crippen LogP contribution in [0, 0.1) is 6.92 Å². The Labute approximate surface area is 76.0 Å². The van der Waals surface area contributed by atoms with Crippen molar-refractivity contribution in [2.75, 3.05) is 0 Å². The lowest BCUT2D eigenvalue weighted by Gasteiger charge is -1.95. The van der Waals surface area contributed by atoms with Gasteiger partial charge in [-0.05, 0) is 18.6 Å². The zero-order valence-electron chi connectivity index (χ0n) is 7.61. The van der Waals surface area contributed by atoms with Crippen LogP contribution in [-0.2, 0) is 7.05 Å². The number of aldehydes is 1. The summed E-state index contributed by atoms with van der Waals surface area (Å²) in [4.78, 5) is 10.7. The summed E-state index contributed by atoms with van der Waals surface area (Å²) in [5, 5.41) is 5.28. The number of carbonyl (C=O) groups excluding carboxylic acids is 1. The third-order valence-corrected chi connectivity index (χ3v) is 2.17. The van der Waals surface area contributed by atoms with Crippen LogP contribution >= 0.6 is 0 Å². The topological polar surface area (TPSA) is 34.9 Å². The van der Waals surface area contributed by atoms with Crippen molar-refractivity contribution in [3.05, 3.63) is 29.5 Å². The molecule has 66 valence electrons. The van der Waals surface area contributed by atoms with Crippen molar-refractivity contribution >= 4 is 17.2 Å². The van der Waals surface area contributed by atoms with E-state index in [2.05, 4.69) is 5.10 Å². The normalized spacial score (nSPS) is 10.6. The number of hydrogen-bond donors (Lipinski definition) is 0. The lowest BCUT2D eigenvalue weighted by Crippen LogP contribution is -1.87. The maximum absolute atomic E-state index is 10.7. The van der Waals surface area contributed by atoms with E-state index in [9.17, 15) is 4.79 Å². The summed E-state index contributed by atoms with van der Waals surface area (Å²) in [5.41, 5.74) is 2.59. The average molecular weight is 174 g/mol. The Bertz CT molecular complexity index is 471. The maximum Gasteiger partial charge on any atom is 0.152 e. The molecule has 0 spiro atoms.